The summed E-state index contributed by atoms with van der Waals surface area (Å²) in [5.41, 5.74) is 2.90. The number of aryl methyl sites for hydroxylation is 1. The van der Waals surface area contributed by atoms with E-state index in [-0.39, 0.29) is 24.0 Å². The van der Waals surface area contributed by atoms with Crippen LogP contribution in [0.5, 0.6) is 5.75 Å². The van der Waals surface area contributed by atoms with Crippen molar-refractivity contribution in [3.63, 3.8) is 0 Å². The van der Waals surface area contributed by atoms with E-state index in [4.69, 9.17) is 11.6 Å². The Hall–Kier alpha value is -2.18. The van der Waals surface area contributed by atoms with Gasteiger partial charge in [0, 0.05) is 16.3 Å². The number of rotatable bonds is 5. The van der Waals surface area contributed by atoms with Crippen LogP contribution in [0.25, 0.3) is 0 Å². The van der Waals surface area contributed by atoms with Crippen LogP contribution in [0, 0.1) is 6.92 Å². The Morgan fingerprint density at radius 3 is 2.57 bits per heavy atom. The molecular weight excluding hydrogens is 398 g/mol. The predicted molar refractivity (Wildman–Crippen MR) is 112 cm³/mol. The summed E-state index contributed by atoms with van der Waals surface area (Å²) in [5, 5.41) is 18.9. The Labute approximate surface area is 173 Å². The normalized spacial score (nSPS) is 19.5. The SMILES string of the molecule is Cc1cc(O)c(C(C)C)cc1N1C(=O)C(CC(=O)O)SC1c1ccccc1Cl. The second kappa shape index (κ2) is 8.05. The van der Waals surface area contributed by atoms with Crippen LogP contribution >= 0.6 is 23.4 Å². The summed E-state index contributed by atoms with van der Waals surface area (Å²) in [5.74, 6) is -1.03. The van der Waals surface area contributed by atoms with Crippen molar-refractivity contribution in [2.75, 3.05) is 4.90 Å². The lowest BCUT2D eigenvalue weighted by Gasteiger charge is -2.27. The van der Waals surface area contributed by atoms with E-state index in [2.05, 4.69) is 0 Å². The molecule has 1 aliphatic heterocycles. The van der Waals surface area contributed by atoms with Crippen LogP contribution in [0.1, 0.15) is 48.3 Å². The minimum absolute atomic E-state index is 0.0679. The fourth-order valence-electron chi connectivity index (χ4n) is 3.39. The van der Waals surface area contributed by atoms with Crippen LogP contribution in [0.15, 0.2) is 36.4 Å². The lowest BCUT2D eigenvalue weighted by atomic mass is 9.98. The molecule has 2 N–H and O–H groups in total. The van der Waals surface area contributed by atoms with Crippen molar-refractivity contribution in [1.29, 1.82) is 0 Å². The van der Waals surface area contributed by atoms with Gasteiger partial charge in [0.15, 0.2) is 0 Å². The van der Waals surface area contributed by atoms with Crippen LogP contribution in [0.4, 0.5) is 5.69 Å². The lowest BCUT2D eigenvalue weighted by Crippen LogP contribution is -2.32. The van der Waals surface area contributed by atoms with Crippen LogP contribution < -0.4 is 4.90 Å². The molecule has 1 fully saturated rings. The maximum atomic E-state index is 13.2. The Morgan fingerprint density at radius 1 is 1.29 bits per heavy atom. The predicted octanol–water partition coefficient (Wildman–Crippen LogP) is 5.10. The van der Waals surface area contributed by atoms with Crippen molar-refractivity contribution < 1.29 is 19.8 Å². The molecule has 0 aliphatic carbocycles. The Bertz CT molecular complexity index is 931. The van der Waals surface area contributed by atoms with Crippen molar-refractivity contribution in [3.8, 4) is 5.75 Å². The Morgan fingerprint density at radius 2 is 1.96 bits per heavy atom. The zero-order valence-corrected chi connectivity index (χ0v) is 17.4. The average Bonchev–Trinajstić information content (AvgIpc) is 2.91. The molecule has 0 spiro atoms. The highest BCUT2D eigenvalue weighted by Gasteiger charge is 2.44. The van der Waals surface area contributed by atoms with E-state index in [1.54, 1.807) is 17.0 Å². The van der Waals surface area contributed by atoms with Crippen LogP contribution in [0.2, 0.25) is 5.02 Å². The van der Waals surface area contributed by atoms with Gasteiger partial charge >= 0.3 is 5.97 Å². The van der Waals surface area contributed by atoms with Crippen LogP contribution in [0.3, 0.4) is 0 Å². The fourth-order valence-corrected chi connectivity index (χ4v) is 5.17. The van der Waals surface area contributed by atoms with Crippen molar-refractivity contribution >= 4 is 40.9 Å². The number of nitrogens with zero attached hydrogens (tertiary/aromatic N) is 1. The van der Waals surface area contributed by atoms with Gasteiger partial charge in [0.2, 0.25) is 5.91 Å². The van der Waals surface area contributed by atoms with Gasteiger partial charge in [-0.2, -0.15) is 0 Å². The van der Waals surface area contributed by atoms with Crippen LogP contribution in [-0.2, 0) is 9.59 Å². The third kappa shape index (κ3) is 3.84. The molecule has 0 aromatic heterocycles. The number of anilines is 1. The number of aliphatic carboxylic acids is 1. The topological polar surface area (TPSA) is 77.8 Å². The molecule has 0 bridgehead atoms. The third-order valence-electron chi connectivity index (χ3n) is 4.80. The molecule has 148 valence electrons. The zero-order valence-electron chi connectivity index (χ0n) is 15.8. The molecule has 28 heavy (non-hydrogen) atoms. The number of halogens is 1. The van der Waals surface area contributed by atoms with E-state index in [9.17, 15) is 19.8 Å². The molecule has 0 radical (unpaired) electrons. The average molecular weight is 420 g/mol. The molecule has 1 heterocycles. The second-order valence-electron chi connectivity index (χ2n) is 7.16. The summed E-state index contributed by atoms with van der Waals surface area (Å²) >= 11 is 7.69. The first-order valence-corrected chi connectivity index (χ1v) is 10.3. The van der Waals surface area contributed by atoms with Gasteiger partial charge in [-0.25, -0.2) is 0 Å². The summed E-state index contributed by atoms with van der Waals surface area (Å²) in [6, 6.07) is 10.7. The van der Waals surface area contributed by atoms with Gasteiger partial charge in [0.05, 0.1) is 11.7 Å². The number of carbonyl (C=O) groups is 2. The number of thioether (sulfide) groups is 1. The van der Waals surface area contributed by atoms with Gasteiger partial charge in [0.1, 0.15) is 11.1 Å². The molecular formula is C21H22ClNO4S. The Kier molecular flexibility index (Phi) is 5.91. The lowest BCUT2D eigenvalue weighted by molar-refractivity contribution is -0.138. The van der Waals surface area contributed by atoms with E-state index in [1.165, 1.54) is 11.8 Å². The van der Waals surface area contributed by atoms with Crippen molar-refractivity contribution in [3.05, 3.63) is 58.1 Å². The second-order valence-corrected chi connectivity index (χ2v) is 8.85. The van der Waals surface area contributed by atoms with E-state index >= 15 is 0 Å². The van der Waals surface area contributed by atoms with Crippen molar-refractivity contribution in [1.82, 2.24) is 0 Å². The molecule has 1 amide bonds. The first-order valence-electron chi connectivity index (χ1n) is 8.99. The van der Waals surface area contributed by atoms with Gasteiger partial charge in [0.25, 0.3) is 0 Å². The molecule has 3 rings (SSSR count). The number of aromatic hydroxyl groups is 1. The number of hydrogen-bond acceptors (Lipinski definition) is 4. The fraction of sp³-hybridized carbons (Fsp3) is 0.333. The molecule has 2 atom stereocenters. The summed E-state index contributed by atoms with van der Waals surface area (Å²) in [6.07, 6.45) is -0.255. The number of benzene rings is 2. The Balaban J connectivity index is 2.14. The number of carbonyl (C=O) groups excluding carboxylic acids is 1. The summed E-state index contributed by atoms with van der Waals surface area (Å²) in [6.45, 7) is 5.76. The van der Waals surface area contributed by atoms with Crippen molar-refractivity contribution in [2.24, 2.45) is 0 Å². The zero-order chi connectivity index (χ0) is 20.6. The molecule has 0 saturated carbocycles. The highest BCUT2D eigenvalue weighted by atomic mass is 35.5. The van der Waals surface area contributed by atoms with Gasteiger partial charge in [-0.3, -0.25) is 14.5 Å². The molecule has 2 aromatic carbocycles. The van der Waals surface area contributed by atoms with E-state index in [0.717, 1.165) is 16.7 Å². The summed E-state index contributed by atoms with van der Waals surface area (Å²) in [7, 11) is 0. The number of phenolic OH excluding ortho intramolecular Hbond substituents is 1. The minimum Gasteiger partial charge on any atom is -0.508 e. The first-order chi connectivity index (χ1) is 13.2. The molecule has 1 saturated heterocycles. The summed E-state index contributed by atoms with van der Waals surface area (Å²) in [4.78, 5) is 26.1. The van der Waals surface area contributed by atoms with Crippen molar-refractivity contribution in [2.45, 2.75) is 43.7 Å². The molecule has 2 unspecified atom stereocenters. The molecule has 2 aromatic rings. The standard InChI is InChI=1S/C21H22ClNO4S/c1-11(2)14-9-16(12(3)8-17(14)24)23-20(27)18(10-19(25)26)28-21(23)13-6-4-5-7-15(13)22/h4-9,11,18,21,24H,10H2,1-3H3,(H,25,26). The number of carboxylic acid groups (broad SMARTS) is 1. The van der Waals surface area contributed by atoms with Gasteiger partial charge in [-0.05, 0) is 42.2 Å². The highest BCUT2D eigenvalue weighted by molar-refractivity contribution is 8.01. The van der Waals surface area contributed by atoms with Gasteiger partial charge in [-0.15, -0.1) is 11.8 Å². The molecule has 1 aliphatic rings. The van der Waals surface area contributed by atoms with Gasteiger partial charge < -0.3 is 10.2 Å². The minimum atomic E-state index is -1.02. The third-order valence-corrected chi connectivity index (χ3v) is 6.56. The smallest absolute Gasteiger partial charge is 0.305 e. The maximum Gasteiger partial charge on any atom is 0.305 e. The first kappa shape index (κ1) is 20.6. The van der Waals surface area contributed by atoms with E-state index in [0.29, 0.717) is 10.7 Å². The molecule has 7 heteroatoms. The number of amides is 1. The highest BCUT2D eigenvalue weighted by Crippen LogP contribution is 2.49. The number of carboxylic acids is 1. The maximum absolute atomic E-state index is 13.2. The van der Waals surface area contributed by atoms with E-state index in [1.807, 2.05) is 45.0 Å². The number of hydrogen-bond donors (Lipinski definition) is 2. The molecule has 5 nitrogen and oxygen atoms in total. The number of phenols is 1. The van der Waals surface area contributed by atoms with Gasteiger partial charge in [-0.1, -0.05) is 43.6 Å². The quantitative estimate of drug-likeness (QED) is 0.704. The largest absolute Gasteiger partial charge is 0.508 e. The van der Waals surface area contributed by atoms with E-state index < -0.39 is 16.6 Å². The van der Waals surface area contributed by atoms with Crippen LogP contribution in [-0.4, -0.2) is 27.3 Å². The summed E-state index contributed by atoms with van der Waals surface area (Å²) < 4.78 is 0. The monoisotopic (exact) mass is 419 g/mol.